The minimum absolute atomic E-state index is 0. The highest BCUT2D eigenvalue weighted by Gasteiger charge is 2.15. The second-order valence-electron chi connectivity index (χ2n) is 6.13. The Morgan fingerprint density at radius 3 is 1.18 bits per heavy atom. The van der Waals surface area contributed by atoms with Gasteiger partial charge in [0.05, 0.1) is 12.3 Å². The first kappa shape index (κ1) is 27.6. The first-order valence-electron chi connectivity index (χ1n) is 8.20. The normalized spacial score (nSPS) is 11.4. The molecule has 0 amide bonds. The van der Waals surface area contributed by atoms with Gasteiger partial charge in [-0.1, -0.05) is 0 Å². The van der Waals surface area contributed by atoms with Crippen molar-refractivity contribution in [2.75, 3.05) is 12.3 Å². The van der Waals surface area contributed by atoms with Gasteiger partial charge in [-0.15, -0.1) is 0 Å². The Bertz CT molecular complexity index is 739. The van der Waals surface area contributed by atoms with Crippen molar-refractivity contribution in [2.24, 2.45) is 0 Å². The zero-order valence-corrected chi connectivity index (χ0v) is 20.0. The van der Waals surface area contributed by atoms with Crippen molar-refractivity contribution in [2.45, 2.75) is 25.9 Å². The van der Waals surface area contributed by atoms with Gasteiger partial charge in [0.25, 0.3) is 0 Å². The van der Waals surface area contributed by atoms with Crippen molar-refractivity contribution >= 4 is 15.2 Å². The molecule has 0 aliphatic rings. The second-order valence-corrected chi connectivity index (χ2v) is 9.69. The summed E-state index contributed by atoms with van der Waals surface area (Å²) in [6.45, 7) is 1.08. The Kier molecular flexibility index (Phi) is 12.1. The molecule has 2 aromatic heterocycles. The van der Waals surface area contributed by atoms with Gasteiger partial charge in [-0.2, -0.15) is 0 Å². The maximum atomic E-state index is 10.8. The minimum atomic E-state index is -3.94. The third-order valence-corrected chi connectivity index (χ3v) is 5.64. The van der Waals surface area contributed by atoms with E-state index >= 15 is 0 Å². The van der Waals surface area contributed by atoms with E-state index in [0.717, 1.165) is 11.1 Å². The summed E-state index contributed by atoms with van der Waals surface area (Å²) in [6, 6.07) is 7.74. The van der Waals surface area contributed by atoms with E-state index in [1.54, 1.807) is 0 Å². The van der Waals surface area contributed by atoms with Crippen LogP contribution in [0.4, 0.5) is 0 Å². The maximum absolute atomic E-state index is 10.8. The summed E-state index contributed by atoms with van der Waals surface area (Å²) in [5.41, 5.74) is 2.03. The molecule has 2 aromatic rings. The monoisotopic (exact) mass is 560 g/mol. The lowest BCUT2D eigenvalue weighted by Gasteiger charge is -2.03. The van der Waals surface area contributed by atoms with Gasteiger partial charge in [0.2, 0.25) is 0 Å². The quantitative estimate of drug-likeness (QED) is 0.180. The third kappa shape index (κ3) is 10.9. The molecule has 0 bridgehead atoms. The molecule has 0 aliphatic heterocycles. The van der Waals surface area contributed by atoms with E-state index in [1.165, 1.54) is 0 Å². The molecule has 0 atom stereocenters. The first-order chi connectivity index (χ1) is 12.1. The Morgan fingerprint density at radius 2 is 0.929 bits per heavy atom. The van der Waals surface area contributed by atoms with Crippen LogP contribution in [0.15, 0.2) is 49.1 Å². The van der Waals surface area contributed by atoms with Gasteiger partial charge in [-0.3, -0.25) is 9.13 Å². The largest absolute Gasteiger partial charge is 1.00 e. The number of hydrogen-bond acceptors (Lipinski definition) is 2. The highest BCUT2D eigenvalue weighted by Crippen LogP contribution is 2.35. The molecule has 4 N–H and O–H groups in total. The van der Waals surface area contributed by atoms with Crippen molar-refractivity contribution in [3.8, 4) is 11.1 Å². The van der Waals surface area contributed by atoms with E-state index in [0.29, 0.717) is 25.9 Å². The first-order valence-corrected chi connectivity index (χ1v) is 11.8. The Balaban J connectivity index is 0.00000364. The van der Waals surface area contributed by atoms with Crippen LogP contribution in [0.3, 0.4) is 0 Å². The predicted molar refractivity (Wildman–Crippen MR) is 95.3 cm³/mol. The molecule has 8 nitrogen and oxygen atoms in total. The number of rotatable bonds is 9. The summed E-state index contributed by atoms with van der Waals surface area (Å²) in [4.78, 5) is 35.5. The van der Waals surface area contributed by atoms with Gasteiger partial charge in [-0.05, 0) is 11.1 Å². The maximum Gasteiger partial charge on any atom is 0.325 e. The van der Waals surface area contributed by atoms with Gasteiger partial charge in [-0.25, -0.2) is 9.13 Å². The molecule has 0 fully saturated rings. The van der Waals surface area contributed by atoms with Gasteiger partial charge in [0.15, 0.2) is 24.8 Å². The molecule has 0 radical (unpaired) electrons. The van der Waals surface area contributed by atoms with E-state index in [4.69, 9.17) is 19.6 Å². The van der Waals surface area contributed by atoms with Gasteiger partial charge >= 0.3 is 15.2 Å². The summed E-state index contributed by atoms with van der Waals surface area (Å²) in [5.74, 6) is 0. The number of halogens is 2. The van der Waals surface area contributed by atoms with Crippen LogP contribution in [0, 0.1) is 0 Å². The standard InChI is InChI=1S/C16H22N2O6P2.2BrH/c19-25(20,21)13-1-7-17-9-3-15(4-10-17)16-5-11-18(12-6-16)8-2-14-26(22,23)24;;/h3-6,9-12H,1-2,7-8,13-14H2,(H2-2,19,20,21,22,23,24);2*1H. The average molecular weight is 562 g/mol. The SMILES string of the molecule is O=P(O)(O)CCC[n+]1ccc(-c2cc[n+](CCCP(=O)(O)O)cc2)cc1.[Br-].[Br-]. The van der Waals surface area contributed by atoms with Crippen LogP contribution in [-0.4, -0.2) is 31.9 Å². The van der Waals surface area contributed by atoms with Crippen molar-refractivity contribution in [3.63, 3.8) is 0 Å². The molecule has 12 heteroatoms. The summed E-state index contributed by atoms with van der Waals surface area (Å²) < 4.78 is 25.5. The third-order valence-electron chi connectivity index (χ3n) is 3.85. The molecule has 0 saturated carbocycles. The van der Waals surface area contributed by atoms with Gasteiger partial charge in [0, 0.05) is 37.1 Å². The predicted octanol–water partition coefficient (Wildman–Crippen LogP) is -4.93. The molecule has 0 aromatic carbocycles. The highest BCUT2D eigenvalue weighted by molar-refractivity contribution is 7.52. The van der Waals surface area contributed by atoms with Crippen LogP contribution in [0.25, 0.3) is 11.1 Å². The molecule has 0 saturated heterocycles. The summed E-state index contributed by atoms with van der Waals surface area (Å²) >= 11 is 0. The van der Waals surface area contributed by atoms with E-state index in [1.807, 2.05) is 58.2 Å². The Morgan fingerprint density at radius 1 is 0.643 bits per heavy atom. The zero-order valence-electron chi connectivity index (χ0n) is 15.0. The summed E-state index contributed by atoms with van der Waals surface area (Å²) in [6.07, 6.45) is 8.06. The van der Waals surface area contributed by atoms with Crippen molar-refractivity contribution in [1.82, 2.24) is 0 Å². The second kappa shape index (κ2) is 12.3. The van der Waals surface area contributed by atoms with Crippen molar-refractivity contribution < 1.29 is 71.8 Å². The molecule has 0 spiro atoms. The number of hydrogen-bond donors (Lipinski definition) is 4. The fourth-order valence-electron chi connectivity index (χ4n) is 2.52. The number of aromatic nitrogens is 2. The van der Waals surface area contributed by atoms with Crippen LogP contribution in [-0.2, 0) is 22.2 Å². The molecule has 2 heterocycles. The smallest absolute Gasteiger partial charge is 0.325 e. The highest BCUT2D eigenvalue weighted by atomic mass is 79.9. The van der Waals surface area contributed by atoms with Crippen LogP contribution >= 0.6 is 15.2 Å². The van der Waals surface area contributed by atoms with E-state index in [-0.39, 0.29) is 46.3 Å². The average Bonchev–Trinajstić information content (AvgIpc) is 2.54. The van der Waals surface area contributed by atoms with E-state index in [9.17, 15) is 9.13 Å². The molecular formula is C16H24Br2N2O6P2. The minimum Gasteiger partial charge on any atom is -1.00 e. The zero-order chi connectivity index (χ0) is 19.2. The number of nitrogens with zero attached hydrogens (tertiary/aromatic N) is 2. The van der Waals surface area contributed by atoms with E-state index < -0.39 is 15.2 Å². The summed E-state index contributed by atoms with van der Waals surface area (Å²) in [5, 5.41) is 0. The molecular weight excluding hydrogens is 538 g/mol. The van der Waals surface area contributed by atoms with Crippen molar-refractivity contribution in [3.05, 3.63) is 49.1 Å². The summed E-state index contributed by atoms with van der Waals surface area (Å²) in [7, 11) is -7.88. The van der Waals surface area contributed by atoms with Gasteiger partial charge < -0.3 is 53.5 Å². The lowest BCUT2D eigenvalue weighted by Crippen LogP contribution is -3.00. The van der Waals surface area contributed by atoms with Crippen molar-refractivity contribution in [1.29, 1.82) is 0 Å². The van der Waals surface area contributed by atoms with Crippen LogP contribution in [0.5, 0.6) is 0 Å². The lowest BCUT2D eigenvalue weighted by atomic mass is 10.1. The van der Waals surface area contributed by atoms with Crippen LogP contribution < -0.4 is 43.1 Å². The number of pyridine rings is 2. The lowest BCUT2D eigenvalue weighted by molar-refractivity contribution is -0.697. The fraction of sp³-hybridized carbons (Fsp3) is 0.375. The topological polar surface area (TPSA) is 123 Å². The molecule has 2 rings (SSSR count). The van der Waals surface area contributed by atoms with E-state index in [2.05, 4.69) is 0 Å². The Labute approximate surface area is 185 Å². The van der Waals surface area contributed by atoms with Gasteiger partial charge in [0.1, 0.15) is 13.1 Å². The molecule has 0 aliphatic carbocycles. The molecule has 0 unspecified atom stereocenters. The fourth-order valence-corrected chi connectivity index (χ4v) is 3.62. The Hall–Kier alpha value is -0.440. The molecule has 158 valence electrons. The van der Waals surface area contributed by atoms with Crippen LogP contribution in [0.2, 0.25) is 0 Å². The molecule has 28 heavy (non-hydrogen) atoms. The number of aryl methyl sites for hydroxylation is 2. The van der Waals surface area contributed by atoms with Crippen LogP contribution in [0.1, 0.15) is 12.8 Å².